The van der Waals surface area contributed by atoms with Crippen molar-refractivity contribution in [3.63, 3.8) is 0 Å². The number of aromatic nitrogens is 1. The number of benzene rings is 1. The van der Waals surface area contributed by atoms with Gasteiger partial charge >= 0.3 is 5.97 Å². The molecule has 0 spiro atoms. The third kappa shape index (κ3) is 1.99. The molecule has 2 aliphatic rings. The number of hydrogen-bond acceptors (Lipinski definition) is 2. The van der Waals surface area contributed by atoms with Crippen molar-refractivity contribution in [2.75, 3.05) is 6.54 Å². The van der Waals surface area contributed by atoms with Crippen molar-refractivity contribution in [3.05, 3.63) is 35.0 Å². The fraction of sp³-hybridized carbons (Fsp3) is 0.444. The summed E-state index contributed by atoms with van der Waals surface area (Å²) in [6.07, 6.45) is 4.57. The van der Waals surface area contributed by atoms with E-state index in [0.29, 0.717) is 18.5 Å². The molecule has 1 aliphatic carbocycles. The Kier molecular flexibility index (Phi) is 3.18. The van der Waals surface area contributed by atoms with E-state index >= 15 is 0 Å². The van der Waals surface area contributed by atoms with Crippen LogP contribution in [0.4, 0.5) is 0 Å². The average molecular weight is 312 g/mol. The van der Waals surface area contributed by atoms with Crippen LogP contribution in [0, 0.1) is 0 Å². The molecule has 1 atom stereocenters. The lowest BCUT2D eigenvalue weighted by atomic mass is 10.1. The number of carbonyl (C=O) groups is 2. The molecule has 5 nitrogen and oxygen atoms in total. The van der Waals surface area contributed by atoms with E-state index in [-0.39, 0.29) is 5.91 Å². The van der Waals surface area contributed by atoms with Crippen molar-refractivity contribution >= 4 is 22.8 Å². The topological polar surface area (TPSA) is 62.5 Å². The highest BCUT2D eigenvalue weighted by Crippen LogP contribution is 2.35. The third-order valence-electron chi connectivity index (χ3n) is 5.32. The summed E-state index contributed by atoms with van der Waals surface area (Å²) in [7, 11) is 2.02. The van der Waals surface area contributed by atoms with E-state index in [9.17, 15) is 14.7 Å². The third-order valence-corrected chi connectivity index (χ3v) is 5.32. The van der Waals surface area contributed by atoms with Gasteiger partial charge in [-0.25, -0.2) is 4.79 Å². The van der Waals surface area contributed by atoms with Crippen molar-refractivity contribution in [1.82, 2.24) is 9.47 Å². The number of carboxylic acids is 1. The zero-order chi connectivity index (χ0) is 16.1. The number of fused-ring (bicyclic) bond motifs is 3. The molecule has 4 rings (SSSR count). The maximum Gasteiger partial charge on any atom is 0.326 e. The largest absolute Gasteiger partial charge is 0.480 e. The highest BCUT2D eigenvalue weighted by atomic mass is 16.4. The first-order chi connectivity index (χ1) is 11.1. The van der Waals surface area contributed by atoms with Crippen molar-refractivity contribution in [3.8, 4) is 0 Å². The Labute approximate surface area is 134 Å². The number of nitrogens with zero attached hydrogens (tertiary/aromatic N) is 2. The molecule has 1 unspecified atom stereocenters. The molecule has 2 aromatic rings. The van der Waals surface area contributed by atoms with Gasteiger partial charge in [-0.15, -0.1) is 0 Å². The van der Waals surface area contributed by atoms with E-state index in [4.69, 9.17) is 0 Å². The molecular formula is C18H20N2O3. The number of amides is 1. The fourth-order valence-electron chi connectivity index (χ4n) is 4.27. The molecule has 120 valence electrons. The van der Waals surface area contributed by atoms with Gasteiger partial charge in [-0.3, -0.25) is 4.79 Å². The lowest BCUT2D eigenvalue weighted by Gasteiger charge is -2.22. The van der Waals surface area contributed by atoms with E-state index in [1.165, 1.54) is 22.6 Å². The number of hydrogen-bond donors (Lipinski definition) is 1. The van der Waals surface area contributed by atoms with Gasteiger partial charge in [0.1, 0.15) is 6.04 Å². The molecule has 1 N–H and O–H groups in total. The second kappa shape index (κ2) is 5.11. The molecule has 1 aromatic carbocycles. The number of rotatable bonds is 2. The van der Waals surface area contributed by atoms with Crippen LogP contribution in [0.3, 0.4) is 0 Å². The summed E-state index contributed by atoms with van der Waals surface area (Å²) < 4.78 is 2.14. The lowest BCUT2D eigenvalue weighted by Crippen LogP contribution is -2.40. The van der Waals surface area contributed by atoms with Gasteiger partial charge in [0, 0.05) is 24.7 Å². The number of likely N-dealkylation sites (tertiary alicyclic amines) is 1. The van der Waals surface area contributed by atoms with Gasteiger partial charge in [-0.2, -0.15) is 0 Å². The molecular weight excluding hydrogens is 292 g/mol. The highest BCUT2D eigenvalue weighted by molar-refractivity contribution is 6.08. The molecule has 0 bridgehead atoms. The van der Waals surface area contributed by atoms with E-state index in [1.54, 1.807) is 0 Å². The van der Waals surface area contributed by atoms with Gasteiger partial charge in [0.25, 0.3) is 5.91 Å². The van der Waals surface area contributed by atoms with Crippen molar-refractivity contribution in [2.24, 2.45) is 7.05 Å². The molecule has 1 amide bonds. The van der Waals surface area contributed by atoms with Crippen LogP contribution in [0.5, 0.6) is 0 Å². The normalized spacial score (nSPS) is 20.2. The SMILES string of the molecule is Cn1c2c(c3cccc(C(=O)N4CCCC4C(=O)O)c31)CCC2. The Morgan fingerprint density at radius 3 is 2.83 bits per heavy atom. The first kappa shape index (κ1) is 14.3. The molecule has 1 fully saturated rings. The maximum absolute atomic E-state index is 13.0. The molecule has 1 aliphatic heterocycles. The number of aryl methyl sites for hydroxylation is 2. The minimum absolute atomic E-state index is 0.153. The number of aliphatic carboxylic acids is 1. The smallest absolute Gasteiger partial charge is 0.326 e. The van der Waals surface area contributed by atoms with Gasteiger partial charge in [-0.05, 0) is 43.7 Å². The van der Waals surface area contributed by atoms with Crippen LogP contribution in [0.25, 0.3) is 10.9 Å². The Balaban J connectivity index is 1.83. The number of carboxylic acid groups (broad SMARTS) is 1. The summed E-state index contributed by atoms with van der Waals surface area (Å²) in [5.74, 6) is -1.06. The Morgan fingerprint density at radius 2 is 2.04 bits per heavy atom. The molecule has 2 heterocycles. The van der Waals surface area contributed by atoms with Crippen LogP contribution in [0.1, 0.15) is 40.9 Å². The zero-order valence-corrected chi connectivity index (χ0v) is 13.2. The van der Waals surface area contributed by atoms with Gasteiger partial charge in [-0.1, -0.05) is 12.1 Å². The van der Waals surface area contributed by atoms with Gasteiger partial charge in [0.2, 0.25) is 0 Å². The van der Waals surface area contributed by atoms with Gasteiger partial charge in [0.05, 0.1) is 11.1 Å². The number of carbonyl (C=O) groups excluding carboxylic acids is 1. The summed E-state index contributed by atoms with van der Waals surface area (Å²) in [5, 5.41) is 10.5. The Bertz CT molecular complexity index is 821. The average Bonchev–Trinajstić information content (AvgIpc) is 3.24. The molecule has 0 saturated carbocycles. The second-order valence-electron chi connectivity index (χ2n) is 6.53. The molecule has 0 radical (unpaired) electrons. The van der Waals surface area contributed by atoms with Crippen molar-refractivity contribution in [1.29, 1.82) is 0 Å². The predicted molar refractivity (Wildman–Crippen MR) is 86.6 cm³/mol. The molecule has 23 heavy (non-hydrogen) atoms. The minimum Gasteiger partial charge on any atom is -0.480 e. The Morgan fingerprint density at radius 1 is 1.22 bits per heavy atom. The van der Waals surface area contributed by atoms with Crippen LogP contribution in [0.2, 0.25) is 0 Å². The van der Waals surface area contributed by atoms with Crippen molar-refractivity contribution in [2.45, 2.75) is 38.1 Å². The minimum atomic E-state index is -0.905. The molecule has 5 heteroatoms. The highest BCUT2D eigenvalue weighted by Gasteiger charge is 2.35. The van der Waals surface area contributed by atoms with Crippen LogP contribution < -0.4 is 0 Å². The quantitative estimate of drug-likeness (QED) is 0.926. The summed E-state index contributed by atoms with van der Waals surface area (Å²) in [5.41, 5.74) is 4.26. The fourth-order valence-corrected chi connectivity index (χ4v) is 4.27. The van der Waals surface area contributed by atoms with Gasteiger partial charge < -0.3 is 14.6 Å². The molecule has 1 aromatic heterocycles. The monoisotopic (exact) mass is 312 g/mol. The first-order valence-corrected chi connectivity index (χ1v) is 8.22. The summed E-state index contributed by atoms with van der Waals surface area (Å²) >= 11 is 0. The molecule has 1 saturated heterocycles. The summed E-state index contributed by atoms with van der Waals surface area (Å²) in [6, 6.07) is 5.14. The first-order valence-electron chi connectivity index (χ1n) is 8.22. The van der Waals surface area contributed by atoms with Crippen LogP contribution >= 0.6 is 0 Å². The summed E-state index contributed by atoms with van der Waals surface area (Å²) in [4.78, 5) is 25.9. The predicted octanol–water partition coefficient (Wildman–Crippen LogP) is 2.36. The summed E-state index contributed by atoms with van der Waals surface area (Å²) in [6.45, 7) is 0.524. The van der Waals surface area contributed by atoms with E-state index < -0.39 is 12.0 Å². The lowest BCUT2D eigenvalue weighted by molar-refractivity contribution is -0.141. The van der Waals surface area contributed by atoms with E-state index in [0.717, 1.165) is 30.2 Å². The van der Waals surface area contributed by atoms with Crippen LogP contribution in [0.15, 0.2) is 18.2 Å². The standard InChI is InChI=1S/C18H20N2O3/c1-19-14-8-3-5-11(14)12-6-2-7-13(16(12)19)17(21)20-10-4-9-15(20)18(22)23/h2,6-7,15H,3-5,8-10H2,1H3,(H,22,23). The maximum atomic E-state index is 13.0. The van der Waals surface area contributed by atoms with E-state index in [1.807, 2.05) is 19.2 Å². The van der Waals surface area contributed by atoms with E-state index in [2.05, 4.69) is 10.6 Å². The Hall–Kier alpha value is -2.30. The second-order valence-corrected chi connectivity index (χ2v) is 6.53. The van der Waals surface area contributed by atoms with Crippen LogP contribution in [-0.2, 0) is 24.7 Å². The number of para-hydroxylation sites is 1. The van der Waals surface area contributed by atoms with Crippen molar-refractivity contribution < 1.29 is 14.7 Å². The van der Waals surface area contributed by atoms with Gasteiger partial charge in [0.15, 0.2) is 0 Å². The van der Waals surface area contributed by atoms with Crippen LogP contribution in [-0.4, -0.2) is 39.0 Å². The zero-order valence-electron chi connectivity index (χ0n) is 13.2.